The molecule has 2 heterocycles. The molecule has 0 N–H and O–H groups in total. The van der Waals surface area contributed by atoms with Gasteiger partial charge in [-0.15, -0.1) is 0 Å². The van der Waals surface area contributed by atoms with Crippen molar-refractivity contribution in [3.8, 4) is 11.5 Å². The fourth-order valence-electron chi connectivity index (χ4n) is 3.95. The molecule has 1 aliphatic heterocycles. The normalized spacial score (nSPS) is 15.4. The maximum absolute atomic E-state index is 13.1. The third-order valence-corrected chi connectivity index (χ3v) is 11.2. The lowest BCUT2D eigenvalue weighted by Gasteiger charge is -2.36. The van der Waals surface area contributed by atoms with Crippen molar-refractivity contribution >= 4 is 31.5 Å². The summed E-state index contributed by atoms with van der Waals surface area (Å²) >= 11 is 0. The van der Waals surface area contributed by atoms with E-state index in [0.29, 0.717) is 29.7 Å². The molecule has 0 aliphatic carbocycles. The Labute approximate surface area is 205 Å². The summed E-state index contributed by atoms with van der Waals surface area (Å²) in [7, 11) is -2.03. The van der Waals surface area contributed by atoms with E-state index in [1.54, 1.807) is 13.0 Å². The highest BCUT2D eigenvalue weighted by Gasteiger charge is 2.39. The molecular formula is C27H31NO6Si. The van der Waals surface area contributed by atoms with Crippen molar-refractivity contribution in [2.24, 2.45) is 0 Å². The standard InChI is InChI=1S/C27H31NO6Si/c1-7-32-26(31)21-14-28-15-23(33-22-12-17(16-29)11-20(24(22)28)25(21)30)18-9-8-10-19(13-18)34-35(5,6)27(2,3)4/h8-14,16,23H,7,15H2,1-6H3. The number of aldehydes is 1. The summed E-state index contributed by atoms with van der Waals surface area (Å²) in [6, 6.07) is 10.9. The molecule has 1 atom stereocenters. The van der Waals surface area contributed by atoms with Crippen LogP contribution in [0.3, 0.4) is 0 Å². The fraction of sp³-hybridized carbons (Fsp3) is 0.370. The van der Waals surface area contributed by atoms with Crippen LogP contribution in [0.4, 0.5) is 0 Å². The van der Waals surface area contributed by atoms with Crippen LogP contribution in [-0.4, -0.2) is 31.7 Å². The number of benzene rings is 2. The highest BCUT2D eigenvalue weighted by molar-refractivity contribution is 6.74. The Balaban J connectivity index is 1.78. The van der Waals surface area contributed by atoms with Crippen molar-refractivity contribution in [1.82, 2.24) is 4.57 Å². The molecular weight excluding hydrogens is 462 g/mol. The zero-order chi connectivity index (χ0) is 25.5. The number of rotatable bonds is 6. The molecule has 7 nitrogen and oxygen atoms in total. The summed E-state index contributed by atoms with van der Waals surface area (Å²) in [6.07, 6.45) is 1.78. The maximum atomic E-state index is 13.1. The number of ether oxygens (including phenoxy) is 2. The lowest BCUT2D eigenvalue weighted by Crippen LogP contribution is -2.43. The van der Waals surface area contributed by atoms with Crippen LogP contribution in [0, 0.1) is 0 Å². The van der Waals surface area contributed by atoms with E-state index in [-0.39, 0.29) is 22.6 Å². The van der Waals surface area contributed by atoms with Crippen molar-refractivity contribution in [2.75, 3.05) is 6.61 Å². The van der Waals surface area contributed by atoms with Crippen LogP contribution in [0.5, 0.6) is 11.5 Å². The molecule has 1 aliphatic rings. The first-order valence-electron chi connectivity index (χ1n) is 11.7. The van der Waals surface area contributed by atoms with E-state index in [0.717, 1.165) is 11.3 Å². The highest BCUT2D eigenvalue weighted by atomic mass is 28.4. The van der Waals surface area contributed by atoms with Crippen molar-refractivity contribution in [3.05, 3.63) is 69.5 Å². The Hall–Kier alpha value is -3.39. The van der Waals surface area contributed by atoms with Crippen LogP contribution in [0.15, 0.2) is 47.4 Å². The second kappa shape index (κ2) is 9.00. The van der Waals surface area contributed by atoms with Crippen LogP contribution in [0.2, 0.25) is 18.1 Å². The number of carbonyl (C=O) groups is 2. The number of nitrogens with zero attached hydrogens (tertiary/aromatic N) is 1. The smallest absolute Gasteiger partial charge is 0.343 e. The van der Waals surface area contributed by atoms with E-state index in [9.17, 15) is 14.4 Å². The topological polar surface area (TPSA) is 83.8 Å². The van der Waals surface area contributed by atoms with Gasteiger partial charge in [0.15, 0.2) is 0 Å². The summed E-state index contributed by atoms with van der Waals surface area (Å²) in [4.78, 5) is 37.2. The predicted molar refractivity (Wildman–Crippen MR) is 137 cm³/mol. The molecule has 0 amide bonds. The Bertz CT molecular complexity index is 1370. The first-order chi connectivity index (χ1) is 16.4. The summed E-state index contributed by atoms with van der Waals surface area (Å²) in [6.45, 7) is 13.2. The van der Waals surface area contributed by atoms with Gasteiger partial charge in [-0.25, -0.2) is 4.79 Å². The third-order valence-electron chi connectivity index (χ3n) is 6.83. The number of esters is 1. The van der Waals surface area contributed by atoms with Crippen LogP contribution in [-0.2, 0) is 11.3 Å². The Kier molecular flexibility index (Phi) is 6.36. The predicted octanol–water partition coefficient (Wildman–Crippen LogP) is 5.51. The van der Waals surface area contributed by atoms with Gasteiger partial charge in [0.2, 0.25) is 13.7 Å². The molecule has 0 saturated heterocycles. The second-order valence-electron chi connectivity index (χ2n) is 10.3. The van der Waals surface area contributed by atoms with Crippen LogP contribution < -0.4 is 14.6 Å². The third kappa shape index (κ3) is 4.62. The van der Waals surface area contributed by atoms with Gasteiger partial charge in [-0.2, -0.15) is 0 Å². The van der Waals surface area contributed by atoms with Gasteiger partial charge in [0.1, 0.15) is 29.5 Å². The van der Waals surface area contributed by atoms with Crippen LogP contribution in [0.1, 0.15) is 60.1 Å². The Morgan fingerprint density at radius 1 is 1.23 bits per heavy atom. The second-order valence-corrected chi connectivity index (χ2v) is 15.0. The van der Waals surface area contributed by atoms with E-state index < -0.39 is 25.8 Å². The molecule has 35 heavy (non-hydrogen) atoms. The molecule has 0 bridgehead atoms. The largest absolute Gasteiger partial charge is 0.543 e. The minimum absolute atomic E-state index is 0.0551. The minimum Gasteiger partial charge on any atom is -0.543 e. The first-order valence-corrected chi connectivity index (χ1v) is 14.6. The van der Waals surface area contributed by atoms with Crippen LogP contribution >= 0.6 is 0 Å². The maximum Gasteiger partial charge on any atom is 0.343 e. The molecule has 3 aromatic rings. The Morgan fingerprint density at radius 2 is 1.97 bits per heavy atom. The number of hydrogen-bond acceptors (Lipinski definition) is 6. The average Bonchev–Trinajstić information content (AvgIpc) is 2.79. The van der Waals surface area contributed by atoms with Crippen molar-refractivity contribution < 1.29 is 23.5 Å². The molecule has 2 aromatic carbocycles. The minimum atomic E-state index is -2.03. The van der Waals surface area contributed by atoms with Crippen LogP contribution in [0.25, 0.3) is 10.9 Å². The molecule has 0 spiro atoms. The lowest BCUT2D eigenvalue weighted by molar-refractivity contribution is 0.0523. The summed E-state index contributed by atoms with van der Waals surface area (Å²) in [5.41, 5.74) is 1.20. The first kappa shape index (κ1) is 24.7. The number of aromatic nitrogens is 1. The van der Waals surface area contributed by atoms with E-state index in [1.165, 1.54) is 12.3 Å². The average molecular weight is 494 g/mol. The molecule has 4 rings (SSSR count). The quantitative estimate of drug-likeness (QED) is 0.256. The summed E-state index contributed by atoms with van der Waals surface area (Å²) in [5, 5.41) is 0.308. The molecule has 1 unspecified atom stereocenters. The molecule has 0 radical (unpaired) electrons. The molecule has 0 saturated carbocycles. The van der Waals surface area contributed by atoms with Crippen molar-refractivity contribution in [3.63, 3.8) is 0 Å². The van der Waals surface area contributed by atoms with E-state index in [4.69, 9.17) is 13.9 Å². The van der Waals surface area contributed by atoms with Gasteiger partial charge >= 0.3 is 5.97 Å². The zero-order valence-corrected chi connectivity index (χ0v) is 22.0. The molecule has 184 valence electrons. The van der Waals surface area contributed by atoms with Crippen molar-refractivity contribution in [1.29, 1.82) is 0 Å². The number of carbonyl (C=O) groups excluding carboxylic acids is 2. The summed E-state index contributed by atoms with van der Waals surface area (Å²) < 4.78 is 19.7. The van der Waals surface area contributed by atoms with Gasteiger partial charge in [0.25, 0.3) is 0 Å². The Morgan fingerprint density at radius 3 is 2.63 bits per heavy atom. The van der Waals surface area contributed by atoms with E-state index >= 15 is 0 Å². The van der Waals surface area contributed by atoms with E-state index in [1.807, 2.05) is 28.8 Å². The lowest BCUT2D eigenvalue weighted by atomic mass is 10.0. The number of pyridine rings is 1. The van der Waals surface area contributed by atoms with E-state index in [2.05, 4.69) is 33.9 Å². The number of hydrogen-bond donors (Lipinski definition) is 0. The molecule has 8 heteroatoms. The highest BCUT2D eigenvalue weighted by Crippen LogP contribution is 2.39. The molecule has 1 aromatic heterocycles. The fourth-order valence-corrected chi connectivity index (χ4v) is 4.97. The SMILES string of the molecule is CCOC(=O)c1cn2c3c(cc(C=O)cc3c1=O)OC(c1cccc(O[Si](C)(C)C(C)(C)C)c1)C2. The van der Waals surface area contributed by atoms with Gasteiger partial charge in [-0.1, -0.05) is 32.9 Å². The van der Waals surface area contributed by atoms with Gasteiger partial charge in [-0.3, -0.25) is 9.59 Å². The van der Waals surface area contributed by atoms with Gasteiger partial charge < -0.3 is 18.5 Å². The van der Waals surface area contributed by atoms with Gasteiger partial charge in [0.05, 0.1) is 24.1 Å². The summed E-state index contributed by atoms with van der Waals surface area (Å²) in [5.74, 6) is 0.514. The molecule has 0 fully saturated rings. The zero-order valence-electron chi connectivity index (χ0n) is 21.0. The van der Waals surface area contributed by atoms with Crippen molar-refractivity contribution in [2.45, 2.75) is 58.5 Å². The monoisotopic (exact) mass is 493 g/mol. The van der Waals surface area contributed by atoms with Gasteiger partial charge in [0, 0.05) is 11.8 Å². The van der Waals surface area contributed by atoms with Gasteiger partial charge in [-0.05, 0) is 54.9 Å².